The number of H-pyrrole nitrogens is 1. The number of rotatable bonds is 3. The van der Waals surface area contributed by atoms with Gasteiger partial charge in [0.05, 0.1) is 17.1 Å². The minimum absolute atomic E-state index is 0.0713. The summed E-state index contributed by atoms with van der Waals surface area (Å²) < 4.78 is 6.32. The van der Waals surface area contributed by atoms with Gasteiger partial charge in [0.1, 0.15) is 17.8 Å². The van der Waals surface area contributed by atoms with E-state index in [1.54, 1.807) is 18.6 Å². The lowest BCUT2D eigenvalue weighted by Crippen LogP contribution is -2.34. The maximum atomic E-state index is 9.61. The zero-order valence-corrected chi connectivity index (χ0v) is 15.1. The number of piperidine rings is 1. The molecule has 0 aliphatic carbocycles. The molecule has 0 aromatic carbocycles. The van der Waals surface area contributed by atoms with E-state index in [0.29, 0.717) is 11.4 Å². The van der Waals surface area contributed by atoms with Crippen molar-refractivity contribution in [2.24, 2.45) is 0 Å². The highest BCUT2D eigenvalue weighted by Gasteiger charge is 2.21. The van der Waals surface area contributed by atoms with Crippen molar-refractivity contribution in [3.05, 3.63) is 48.7 Å². The minimum Gasteiger partial charge on any atom is -0.487 e. The second-order valence-corrected chi connectivity index (χ2v) is 6.88. The largest absolute Gasteiger partial charge is 0.487 e. The fraction of sp³-hybridized carbons (Fsp3) is 0.238. The summed E-state index contributed by atoms with van der Waals surface area (Å²) in [5.74, 6) is 0.548. The predicted molar refractivity (Wildman–Crippen MR) is 106 cm³/mol. The quantitative estimate of drug-likeness (QED) is 0.575. The molecule has 0 atom stereocenters. The van der Waals surface area contributed by atoms with Gasteiger partial charge in [0.2, 0.25) is 0 Å². The summed E-state index contributed by atoms with van der Waals surface area (Å²) in [6.45, 7) is 1.83. The van der Waals surface area contributed by atoms with Gasteiger partial charge in [-0.05, 0) is 49.7 Å². The molecule has 28 heavy (non-hydrogen) atoms. The van der Waals surface area contributed by atoms with Crippen molar-refractivity contribution in [2.45, 2.75) is 18.9 Å². The van der Waals surface area contributed by atoms with Crippen LogP contribution < -0.4 is 10.1 Å². The summed E-state index contributed by atoms with van der Waals surface area (Å²) in [5, 5.41) is 14.7. The van der Waals surface area contributed by atoms with E-state index in [-0.39, 0.29) is 6.10 Å². The normalized spacial score (nSPS) is 15.0. The first kappa shape index (κ1) is 16.7. The Labute approximate surface area is 161 Å². The van der Waals surface area contributed by atoms with Crippen LogP contribution in [-0.4, -0.2) is 39.1 Å². The molecule has 1 aliphatic rings. The van der Waals surface area contributed by atoms with Crippen LogP contribution in [0, 0.1) is 11.3 Å². The van der Waals surface area contributed by atoms with Gasteiger partial charge in [-0.1, -0.05) is 0 Å². The van der Waals surface area contributed by atoms with Gasteiger partial charge in [-0.2, -0.15) is 5.26 Å². The maximum Gasteiger partial charge on any atom is 0.183 e. The van der Waals surface area contributed by atoms with Gasteiger partial charge in [-0.15, -0.1) is 0 Å². The van der Waals surface area contributed by atoms with Crippen LogP contribution in [0.4, 0.5) is 0 Å². The van der Waals surface area contributed by atoms with E-state index in [1.165, 1.54) is 0 Å². The molecular formula is C21H18N6O. The number of fused-ring (bicyclic) bond motifs is 3. The second-order valence-electron chi connectivity index (χ2n) is 6.88. The van der Waals surface area contributed by atoms with E-state index >= 15 is 0 Å². The number of hydrogen-bond donors (Lipinski definition) is 2. The van der Waals surface area contributed by atoms with E-state index in [9.17, 15) is 5.26 Å². The smallest absolute Gasteiger partial charge is 0.183 e. The highest BCUT2D eigenvalue weighted by Crippen LogP contribution is 2.36. The third-order valence-corrected chi connectivity index (χ3v) is 5.13. The van der Waals surface area contributed by atoms with Crippen LogP contribution >= 0.6 is 0 Å². The summed E-state index contributed by atoms with van der Waals surface area (Å²) in [6, 6.07) is 8.16. The first-order valence-corrected chi connectivity index (χ1v) is 9.32. The summed E-state index contributed by atoms with van der Waals surface area (Å²) >= 11 is 0. The van der Waals surface area contributed by atoms with Crippen molar-refractivity contribution >= 4 is 21.9 Å². The standard InChI is InChI=1S/C21H18N6O/c22-10-17-20(28-15-3-7-24-8-4-15)19-16-9-14(13-1-5-23-6-2-13)11-26-21(16)27-18(19)12-25-17/h1-2,5-6,9,11-12,15,24H,3-4,7-8H2,(H,26,27). The van der Waals surface area contributed by atoms with Crippen molar-refractivity contribution in [3.8, 4) is 22.9 Å². The summed E-state index contributed by atoms with van der Waals surface area (Å²) in [5.41, 5.74) is 3.89. The van der Waals surface area contributed by atoms with E-state index in [0.717, 1.165) is 59.0 Å². The molecule has 5 heterocycles. The Hall–Kier alpha value is -3.50. The van der Waals surface area contributed by atoms with Crippen LogP contribution in [-0.2, 0) is 0 Å². The van der Waals surface area contributed by atoms with Crippen molar-refractivity contribution in [3.63, 3.8) is 0 Å². The zero-order chi connectivity index (χ0) is 18.9. The molecule has 4 aromatic heterocycles. The Bertz CT molecular complexity index is 1190. The Morgan fingerprint density at radius 1 is 1.07 bits per heavy atom. The molecule has 0 saturated carbocycles. The molecular weight excluding hydrogens is 352 g/mol. The lowest BCUT2D eigenvalue weighted by atomic mass is 10.1. The van der Waals surface area contributed by atoms with Gasteiger partial charge in [-0.25, -0.2) is 9.97 Å². The monoisotopic (exact) mass is 370 g/mol. The Morgan fingerprint density at radius 2 is 1.89 bits per heavy atom. The van der Waals surface area contributed by atoms with Crippen LogP contribution in [0.3, 0.4) is 0 Å². The van der Waals surface area contributed by atoms with Crippen molar-refractivity contribution in [1.29, 1.82) is 5.26 Å². The Kier molecular flexibility index (Phi) is 4.11. The average Bonchev–Trinajstić information content (AvgIpc) is 3.13. The van der Waals surface area contributed by atoms with Crippen LogP contribution in [0.15, 0.2) is 43.0 Å². The molecule has 2 N–H and O–H groups in total. The molecule has 0 bridgehead atoms. The van der Waals surface area contributed by atoms with Gasteiger partial charge in [0.15, 0.2) is 11.4 Å². The maximum absolute atomic E-state index is 9.61. The molecule has 138 valence electrons. The van der Waals surface area contributed by atoms with E-state index in [4.69, 9.17) is 4.74 Å². The SMILES string of the molecule is N#Cc1ncc2[nH]c3ncc(-c4ccncc4)cc3c2c1OC1CCNCC1. The number of nitrogens with one attached hydrogen (secondary N) is 2. The van der Waals surface area contributed by atoms with Crippen LogP contribution in [0.1, 0.15) is 18.5 Å². The topological polar surface area (TPSA) is 99.5 Å². The first-order valence-electron chi connectivity index (χ1n) is 9.32. The lowest BCUT2D eigenvalue weighted by molar-refractivity contribution is 0.163. The fourth-order valence-corrected chi connectivity index (χ4v) is 3.71. The molecule has 0 amide bonds. The molecule has 1 aliphatic heterocycles. The summed E-state index contributed by atoms with van der Waals surface area (Å²) in [6.07, 6.45) is 8.92. The van der Waals surface area contributed by atoms with Gasteiger partial charge >= 0.3 is 0 Å². The number of nitrogens with zero attached hydrogens (tertiary/aromatic N) is 4. The van der Waals surface area contributed by atoms with Crippen molar-refractivity contribution < 1.29 is 4.74 Å². The number of nitriles is 1. The van der Waals surface area contributed by atoms with Crippen LogP contribution in [0.25, 0.3) is 33.1 Å². The van der Waals surface area contributed by atoms with E-state index in [1.807, 2.05) is 18.3 Å². The fourth-order valence-electron chi connectivity index (χ4n) is 3.71. The molecule has 0 spiro atoms. The molecule has 4 aromatic rings. The summed E-state index contributed by atoms with van der Waals surface area (Å²) in [4.78, 5) is 16.3. The molecule has 1 fully saturated rings. The summed E-state index contributed by atoms with van der Waals surface area (Å²) in [7, 11) is 0. The Morgan fingerprint density at radius 3 is 2.68 bits per heavy atom. The third-order valence-electron chi connectivity index (χ3n) is 5.13. The lowest BCUT2D eigenvalue weighted by Gasteiger charge is -2.24. The number of pyridine rings is 3. The highest BCUT2D eigenvalue weighted by atomic mass is 16.5. The second kappa shape index (κ2) is 6.91. The van der Waals surface area contributed by atoms with Gasteiger partial charge in [0, 0.05) is 29.5 Å². The molecule has 5 rings (SSSR count). The zero-order valence-electron chi connectivity index (χ0n) is 15.1. The van der Waals surface area contributed by atoms with E-state index < -0.39 is 0 Å². The first-order chi connectivity index (χ1) is 13.8. The van der Waals surface area contributed by atoms with Crippen LogP contribution in [0.5, 0.6) is 5.75 Å². The molecule has 0 radical (unpaired) electrons. The van der Waals surface area contributed by atoms with E-state index in [2.05, 4.69) is 37.4 Å². The number of aromatic amines is 1. The number of ether oxygens (including phenoxy) is 1. The molecule has 7 heteroatoms. The predicted octanol–water partition coefficient (Wildman–Crippen LogP) is 3.18. The van der Waals surface area contributed by atoms with Crippen LogP contribution in [0.2, 0.25) is 0 Å². The number of hydrogen-bond acceptors (Lipinski definition) is 6. The van der Waals surface area contributed by atoms with Crippen molar-refractivity contribution in [1.82, 2.24) is 25.3 Å². The molecule has 7 nitrogen and oxygen atoms in total. The molecule has 0 unspecified atom stereocenters. The minimum atomic E-state index is 0.0713. The third kappa shape index (κ3) is 2.84. The average molecular weight is 370 g/mol. The van der Waals surface area contributed by atoms with Crippen molar-refractivity contribution in [2.75, 3.05) is 13.1 Å². The highest BCUT2D eigenvalue weighted by molar-refractivity contribution is 6.10. The van der Waals surface area contributed by atoms with Gasteiger partial charge < -0.3 is 15.0 Å². The number of aromatic nitrogens is 4. The molecule has 1 saturated heterocycles. The van der Waals surface area contributed by atoms with Gasteiger partial charge in [0.25, 0.3) is 0 Å². The van der Waals surface area contributed by atoms with Gasteiger partial charge in [-0.3, -0.25) is 4.98 Å². The Balaban J connectivity index is 1.70.